The molecule has 0 aliphatic carbocycles. The third-order valence-corrected chi connectivity index (χ3v) is 6.13. The molecular formula is C24H26N2OS. The Balaban J connectivity index is 1.34. The van der Waals surface area contributed by atoms with Crippen molar-refractivity contribution in [1.82, 2.24) is 10.2 Å². The Bertz CT molecular complexity index is 869. The van der Waals surface area contributed by atoms with E-state index in [-0.39, 0.29) is 11.9 Å². The van der Waals surface area contributed by atoms with Crippen LogP contribution in [-0.4, -0.2) is 30.4 Å². The van der Waals surface area contributed by atoms with Gasteiger partial charge in [-0.2, -0.15) is 11.3 Å². The average molecular weight is 391 g/mol. The van der Waals surface area contributed by atoms with Crippen LogP contribution in [0.5, 0.6) is 0 Å². The zero-order chi connectivity index (χ0) is 19.2. The van der Waals surface area contributed by atoms with Gasteiger partial charge in [-0.25, -0.2) is 0 Å². The molecule has 144 valence electrons. The Hall–Kier alpha value is -2.43. The molecule has 0 unspecified atom stereocenters. The Morgan fingerprint density at radius 2 is 1.68 bits per heavy atom. The zero-order valence-electron chi connectivity index (χ0n) is 16.0. The van der Waals surface area contributed by atoms with Crippen LogP contribution in [0.1, 0.15) is 30.0 Å². The topological polar surface area (TPSA) is 32.3 Å². The number of nitrogens with one attached hydrogen (secondary N) is 1. The minimum absolute atomic E-state index is 0.0897. The van der Waals surface area contributed by atoms with Crippen LogP contribution in [0.2, 0.25) is 0 Å². The Labute approximate surface area is 171 Å². The van der Waals surface area contributed by atoms with Crippen molar-refractivity contribution in [1.29, 1.82) is 0 Å². The second-order valence-corrected chi connectivity index (χ2v) is 8.14. The zero-order valence-corrected chi connectivity index (χ0v) is 16.8. The second kappa shape index (κ2) is 9.18. The smallest absolute Gasteiger partial charge is 0.224 e. The minimum atomic E-state index is 0.0897. The lowest BCUT2D eigenvalue weighted by molar-refractivity contribution is -0.120. The maximum atomic E-state index is 12.5. The molecule has 28 heavy (non-hydrogen) atoms. The summed E-state index contributed by atoms with van der Waals surface area (Å²) in [5.41, 5.74) is 4.74. The summed E-state index contributed by atoms with van der Waals surface area (Å²) in [5.74, 6) is 0.0897. The lowest BCUT2D eigenvalue weighted by Crippen LogP contribution is -2.37. The van der Waals surface area contributed by atoms with Gasteiger partial charge < -0.3 is 5.32 Å². The first-order valence-electron chi connectivity index (χ1n) is 9.97. The van der Waals surface area contributed by atoms with Gasteiger partial charge in [0.15, 0.2) is 0 Å². The van der Waals surface area contributed by atoms with Crippen LogP contribution in [-0.2, 0) is 11.2 Å². The summed E-state index contributed by atoms with van der Waals surface area (Å²) in [6.07, 6.45) is 2.93. The van der Waals surface area contributed by atoms with Crippen molar-refractivity contribution in [2.75, 3.05) is 19.6 Å². The van der Waals surface area contributed by atoms with E-state index in [0.29, 0.717) is 13.0 Å². The van der Waals surface area contributed by atoms with Gasteiger partial charge in [-0.1, -0.05) is 54.6 Å². The molecule has 1 aliphatic heterocycles. The first-order chi connectivity index (χ1) is 13.8. The third kappa shape index (κ3) is 4.70. The number of thiophene rings is 1. The molecule has 3 nitrogen and oxygen atoms in total. The van der Waals surface area contributed by atoms with Gasteiger partial charge in [-0.15, -0.1) is 0 Å². The van der Waals surface area contributed by atoms with Gasteiger partial charge in [0.1, 0.15) is 0 Å². The van der Waals surface area contributed by atoms with Crippen molar-refractivity contribution in [3.63, 3.8) is 0 Å². The van der Waals surface area contributed by atoms with Crippen molar-refractivity contribution in [3.8, 4) is 11.1 Å². The fourth-order valence-corrected chi connectivity index (χ4v) is 4.59. The molecule has 1 atom stereocenters. The van der Waals surface area contributed by atoms with Gasteiger partial charge in [0.2, 0.25) is 5.91 Å². The number of amides is 1. The van der Waals surface area contributed by atoms with Crippen molar-refractivity contribution in [2.24, 2.45) is 0 Å². The van der Waals surface area contributed by atoms with E-state index < -0.39 is 0 Å². The normalized spacial score (nSPS) is 15.4. The largest absolute Gasteiger partial charge is 0.354 e. The molecule has 1 fully saturated rings. The Morgan fingerprint density at radius 1 is 0.964 bits per heavy atom. The number of benzene rings is 2. The maximum Gasteiger partial charge on any atom is 0.224 e. The molecule has 2 aromatic carbocycles. The lowest BCUT2D eigenvalue weighted by atomic mass is 10.0. The molecule has 2 heterocycles. The van der Waals surface area contributed by atoms with Crippen molar-refractivity contribution >= 4 is 17.2 Å². The molecule has 4 heteroatoms. The average Bonchev–Trinajstić information content (AvgIpc) is 3.44. The van der Waals surface area contributed by atoms with E-state index in [1.807, 2.05) is 18.2 Å². The van der Waals surface area contributed by atoms with E-state index >= 15 is 0 Å². The minimum Gasteiger partial charge on any atom is -0.354 e. The van der Waals surface area contributed by atoms with Gasteiger partial charge in [-0.05, 0) is 65.0 Å². The van der Waals surface area contributed by atoms with Gasteiger partial charge in [0.05, 0.1) is 12.5 Å². The van der Waals surface area contributed by atoms with Crippen LogP contribution in [0.3, 0.4) is 0 Å². The standard InChI is InChI=1S/C24H26N2OS/c27-24(16-19-8-10-21(11-9-19)20-6-2-1-3-7-20)25-17-23(22-12-15-28-18-22)26-13-4-5-14-26/h1-3,6-12,15,18,23H,4-5,13-14,16-17H2,(H,25,27)/t23-/m0/s1. The molecule has 0 saturated carbocycles. The first-order valence-corrected chi connectivity index (χ1v) is 10.9. The highest BCUT2D eigenvalue weighted by atomic mass is 32.1. The molecule has 1 N–H and O–H groups in total. The summed E-state index contributed by atoms with van der Waals surface area (Å²) in [6, 6.07) is 21.1. The number of nitrogens with zero attached hydrogens (tertiary/aromatic N) is 1. The highest BCUT2D eigenvalue weighted by Gasteiger charge is 2.24. The van der Waals surface area contributed by atoms with E-state index in [9.17, 15) is 4.79 Å². The highest BCUT2D eigenvalue weighted by molar-refractivity contribution is 7.07. The summed E-state index contributed by atoms with van der Waals surface area (Å²) in [7, 11) is 0. The molecule has 0 radical (unpaired) electrons. The monoisotopic (exact) mass is 390 g/mol. The summed E-state index contributed by atoms with van der Waals surface area (Å²) < 4.78 is 0. The van der Waals surface area contributed by atoms with Gasteiger partial charge in [0.25, 0.3) is 0 Å². The van der Waals surface area contributed by atoms with Gasteiger partial charge in [0, 0.05) is 6.54 Å². The molecular weight excluding hydrogens is 364 g/mol. The van der Waals surface area contributed by atoms with Crippen LogP contribution >= 0.6 is 11.3 Å². The van der Waals surface area contributed by atoms with E-state index in [1.54, 1.807) is 11.3 Å². The summed E-state index contributed by atoms with van der Waals surface area (Å²) in [4.78, 5) is 15.0. The number of carbonyl (C=O) groups is 1. The fraction of sp³-hybridized carbons (Fsp3) is 0.292. The van der Waals surface area contributed by atoms with E-state index in [2.05, 4.69) is 63.4 Å². The Kier molecular flexibility index (Phi) is 6.20. The summed E-state index contributed by atoms with van der Waals surface area (Å²) >= 11 is 1.72. The van der Waals surface area contributed by atoms with Crippen LogP contribution in [0, 0.1) is 0 Å². The van der Waals surface area contributed by atoms with E-state index in [4.69, 9.17) is 0 Å². The molecule has 3 aromatic rings. The Morgan fingerprint density at radius 3 is 2.36 bits per heavy atom. The molecule has 4 rings (SSSR count). The molecule has 1 amide bonds. The van der Waals surface area contributed by atoms with Crippen LogP contribution in [0.25, 0.3) is 11.1 Å². The highest BCUT2D eigenvalue weighted by Crippen LogP contribution is 2.26. The van der Waals surface area contributed by atoms with Crippen molar-refractivity contribution in [2.45, 2.75) is 25.3 Å². The number of hydrogen-bond donors (Lipinski definition) is 1. The quantitative estimate of drug-likeness (QED) is 0.622. The molecule has 1 aromatic heterocycles. The number of hydrogen-bond acceptors (Lipinski definition) is 3. The number of carbonyl (C=O) groups excluding carboxylic acids is 1. The fourth-order valence-electron chi connectivity index (χ4n) is 3.88. The predicted molar refractivity (Wildman–Crippen MR) is 116 cm³/mol. The van der Waals surface area contributed by atoms with Crippen LogP contribution < -0.4 is 5.32 Å². The van der Waals surface area contributed by atoms with E-state index in [0.717, 1.165) is 18.7 Å². The van der Waals surface area contributed by atoms with Crippen LogP contribution in [0.15, 0.2) is 71.4 Å². The molecule has 0 bridgehead atoms. The lowest BCUT2D eigenvalue weighted by Gasteiger charge is -2.27. The molecule has 0 spiro atoms. The molecule has 1 saturated heterocycles. The number of rotatable bonds is 7. The van der Waals surface area contributed by atoms with E-state index in [1.165, 1.54) is 29.5 Å². The first kappa shape index (κ1) is 18.9. The maximum absolute atomic E-state index is 12.5. The third-order valence-electron chi connectivity index (χ3n) is 5.43. The second-order valence-electron chi connectivity index (χ2n) is 7.36. The van der Waals surface area contributed by atoms with Gasteiger partial charge >= 0.3 is 0 Å². The molecule has 1 aliphatic rings. The van der Waals surface area contributed by atoms with Gasteiger partial charge in [-0.3, -0.25) is 9.69 Å². The summed E-state index contributed by atoms with van der Waals surface area (Å²) in [5, 5.41) is 7.49. The van der Waals surface area contributed by atoms with Crippen molar-refractivity contribution in [3.05, 3.63) is 82.6 Å². The summed E-state index contributed by atoms with van der Waals surface area (Å²) in [6.45, 7) is 2.92. The number of likely N-dealkylation sites (tertiary alicyclic amines) is 1. The predicted octanol–water partition coefficient (Wildman–Crippen LogP) is 4.91. The van der Waals surface area contributed by atoms with Crippen LogP contribution in [0.4, 0.5) is 0 Å². The SMILES string of the molecule is O=C(Cc1ccc(-c2ccccc2)cc1)NC[C@@H](c1ccsc1)N1CCCC1. The van der Waals surface area contributed by atoms with Crippen molar-refractivity contribution < 1.29 is 4.79 Å².